The van der Waals surface area contributed by atoms with Gasteiger partial charge in [-0.3, -0.25) is 4.79 Å². The molecule has 0 saturated carbocycles. The minimum atomic E-state index is -1.02. The number of anilines is 1. The van der Waals surface area contributed by atoms with Crippen LogP contribution < -0.4 is 11.5 Å². The Bertz CT molecular complexity index is 476. The Morgan fingerprint density at radius 1 is 1.30 bits per heavy atom. The molecule has 0 aromatic heterocycles. The van der Waals surface area contributed by atoms with Crippen molar-refractivity contribution in [3.8, 4) is 0 Å². The van der Waals surface area contributed by atoms with E-state index in [9.17, 15) is 14.7 Å². The van der Waals surface area contributed by atoms with Crippen molar-refractivity contribution in [3.05, 3.63) is 29.8 Å². The zero-order valence-corrected chi connectivity index (χ0v) is 11.6. The van der Waals surface area contributed by atoms with Crippen LogP contribution in [0.25, 0.3) is 0 Å². The number of nitrogens with two attached hydrogens (primary N) is 2. The fraction of sp³-hybridized carbons (Fsp3) is 0.429. The molecule has 0 radical (unpaired) electrons. The van der Waals surface area contributed by atoms with Crippen molar-refractivity contribution in [1.82, 2.24) is 4.90 Å². The van der Waals surface area contributed by atoms with Gasteiger partial charge in [0, 0.05) is 12.7 Å². The predicted octanol–water partition coefficient (Wildman–Crippen LogP) is 0.923. The zero-order chi connectivity index (χ0) is 15.1. The topological polar surface area (TPSA) is 110 Å². The summed E-state index contributed by atoms with van der Waals surface area (Å²) >= 11 is 0. The quantitative estimate of drug-likeness (QED) is 0.508. The lowest BCUT2D eigenvalue weighted by atomic mass is 10.1. The molecule has 0 unspecified atom stereocenters. The number of aliphatic carboxylic acids is 1. The van der Waals surface area contributed by atoms with Crippen LogP contribution in [0.4, 0.5) is 5.69 Å². The van der Waals surface area contributed by atoms with Crippen molar-refractivity contribution < 1.29 is 14.7 Å². The Balaban J connectivity index is 2.84. The number of para-hydroxylation sites is 1. The lowest BCUT2D eigenvalue weighted by Gasteiger charge is -2.25. The van der Waals surface area contributed by atoms with Gasteiger partial charge in [0.25, 0.3) is 5.91 Å². The van der Waals surface area contributed by atoms with Gasteiger partial charge >= 0.3 is 5.97 Å². The summed E-state index contributed by atoms with van der Waals surface area (Å²) < 4.78 is 0. The molecule has 1 amide bonds. The van der Waals surface area contributed by atoms with E-state index in [0.29, 0.717) is 30.6 Å². The van der Waals surface area contributed by atoms with Crippen LogP contribution in [0.5, 0.6) is 0 Å². The Kier molecular flexibility index (Phi) is 5.99. The van der Waals surface area contributed by atoms with Crippen molar-refractivity contribution in [2.45, 2.75) is 25.3 Å². The number of amides is 1. The summed E-state index contributed by atoms with van der Waals surface area (Å²) in [6, 6.07) is 5.76. The molecule has 0 aliphatic carbocycles. The molecule has 6 heteroatoms. The minimum absolute atomic E-state index is 0.320. The highest BCUT2D eigenvalue weighted by molar-refractivity contribution is 6.00. The molecule has 6 nitrogen and oxygen atoms in total. The highest BCUT2D eigenvalue weighted by Crippen LogP contribution is 2.16. The SMILES string of the molecule is CN(C(=O)c1ccccc1N)[C@@H](CCCCN)C(=O)O. The highest BCUT2D eigenvalue weighted by Gasteiger charge is 2.27. The Morgan fingerprint density at radius 2 is 1.95 bits per heavy atom. The molecule has 20 heavy (non-hydrogen) atoms. The van der Waals surface area contributed by atoms with Crippen LogP contribution in [0, 0.1) is 0 Å². The summed E-state index contributed by atoms with van der Waals surface area (Å²) in [5.41, 5.74) is 11.8. The third-order valence-corrected chi connectivity index (χ3v) is 3.20. The maximum Gasteiger partial charge on any atom is 0.326 e. The minimum Gasteiger partial charge on any atom is -0.480 e. The second-order valence-corrected chi connectivity index (χ2v) is 4.64. The van der Waals surface area contributed by atoms with Crippen molar-refractivity contribution in [1.29, 1.82) is 0 Å². The van der Waals surface area contributed by atoms with E-state index in [1.165, 1.54) is 11.9 Å². The second-order valence-electron chi connectivity index (χ2n) is 4.64. The summed E-state index contributed by atoms with van der Waals surface area (Å²) in [7, 11) is 1.48. The van der Waals surface area contributed by atoms with E-state index in [1.54, 1.807) is 24.3 Å². The third-order valence-electron chi connectivity index (χ3n) is 3.20. The number of likely N-dealkylation sites (N-methyl/N-ethyl adjacent to an activating group) is 1. The Morgan fingerprint density at radius 3 is 2.50 bits per heavy atom. The van der Waals surface area contributed by atoms with Gasteiger partial charge in [-0.05, 0) is 37.9 Å². The first-order valence-electron chi connectivity index (χ1n) is 6.53. The molecule has 0 fully saturated rings. The smallest absolute Gasteiger partial charge is 0.326 e. The molecular formula is C14H21N3O3. The summed E-state index contributed by atoms with van der Waals surface area (Å²) in [5, 5.41) is 9.25. The van der Waals surface area contributed by atoms with Gasteiger partial charge in [-0.15, -0.1) is 0 Å². The van der Waals surface area contributed by atoms with Crippen LogP contribution in [-0.2, 0) is 4.79 Å². The number of benzene rings is 1. The van der Waals surface area contributed by atoms with Gasteiger partial charge < -0.3 is 21.5 Å². The van der Waals surface area contributed by atoms with Crippen LogP contribution in [0.1, 0.15) is 29.6 Å². The van der Waals surface area contributed by atoms with Gasteiger partial charge in [0.15, 0.2) is 0 Å². The molecule has 1 atom stereocenters. The average Bonchev–Trinajstić information content (AvgIpc) is 2.42. The zero-order valence-electron chi connectivity index (χ0n) is 11.6. The van der Waals surface area contributed by atoms with E-state index in [1.807, 2.05) is 0 Å². The van der Waals surface area contributed by atoms with Gasteiger partial charge in [0.1, 0.15) is 6.04 Å². The first-order valence-corrected chi connectivity index (χ1v) is 6.53. The van der Waals surface area contributed by atoms with Gasteiger partial charge in [0.05, 0.1) is 5.56 Å². The van der Waals surface area contributed by atoms with Gasteiger partial charge in [0.2, 0.25) is 0 Å². The molecular weight excluding hydrogens is 258 g/mol. The van der Waals surface area contributed by atoms with Crippen LogP contribution >= 0.6 is 0 Å². The number of nitrogens with zero attached hydrogens (tertiary/aromatic N) is 1. The number of nitrogen functional groups attached to an aromatic ring is 1. The summed E-state index contributed by atoms with van der Waals surface area (Å²) in [6.07, 6.45) is 1.77. The van der Waals surface area contributed by atoms with Crippen molar-refractivity contribution in [2.24, 2.45) is 5.73 Å². The fourth-order valence-electron chi connectivity index (χ4n) is 1.99. The van der Waals surface area contributed by atoms with E-state index in [-0.39, 0.29) is 5.91 Å². The molecule has 0 aliphatic heterocycles. The Labute approximate surface area is 118 Å². The van der Waals surface area contributed by atoms with Crippen molar-refractivity contribution >= 4 is 17.6 Å². The van der Waals surface area contributed by atoms with Gasteiger partial charge in [-0.2, -0.15) is 0 Å². The number of rotatable bonds is 7. The number of carbonyl (C=O) groups excluding carboxylic acids is 1. The van der Waals surface area contributed by atoms with Crippen LogP contribution in [0.3, 0.4) is 0 Å². The standard InChI is InChI=1S/C14H21N3O3/c1-17(12(14(19)20)8-4-5-9-15)13(18)10-6-2-3-7-11(10)16/h2-3,6-7,12H,4-5,8-9,15-16H2,1H3,(H,19,20)/t12-/m0/s1. The number of hydrogen-bond acceptors (Lipinski definition) is 4. The number of carbonyl (C=O) groups is 2. The van der Waals surface area contributed by atoms with Crippen molar-refractivity contribution in [2.75, 3.05) is 19.3 Å². The first kappa shape index (κ1) is 16.0. The largest absolute Gasteiger partial charge is 0.480 e. The third kappa shape index (κ3) is 3.96. The molecule has 0 saturated heterocycles. The highest BCUT2D eigenvalue weighted by atomic mass is 16.4. The number of unbranched alkanes of at least 4 members (excludes halogenated alkanes) is 1. The van der Waals surface area contributed by atoms with Crippen LogP contribution in [0.15, 0.2) is 24.3 Å². The molecule has 1 rings (SSSR count). The van der Waals surface area contributed by atoms with E-state index >= 15 is 0 Å². The molecule has 0 bridgehead atoms. The maximum atomic E-state index is 12.3. The molecule has 0 aliphatic rings. The van der Waals surface area contributed by atoms with E-state index in [4.69, 9.17) is 11.5 Å². The normalized spacial score (nSPS) is 11.9. The molecule has 5 N–H and O–H groups in total. The van der Waals surface area contributed by atoms with Crippen molar-refractivity contribution in [3.63, 3.8) is 0 Å². The predicted molar refractivity (Wildman–Crippen MR) is 77.3 cm³/mol. The molecule has 1 aromatic rings. The van der Waals surface area contributed by atoms with Gasteiger partial charge in [-0.1, -0.05) is 12.1 Å². The van der Waals surface area contributed by atoms with Crippen LogP contribution in [-0.4, -0.2) is 41.5 Å². The molecule has 0 spiro atoms. The van der Waals surface area contributed by atoms with E-state index < -0.39 is 12.0 Å². The Hall–Kier alpha value is -2.08. The molecule has 0 heterocycles. The van der Waals surface area contributed by atoms with E-state index in [0.717, 1.165) is 6.42 Å². The number of carboxylic acids is 1. The monoisotopic (exact) mass is 279 g/mol. The lowest BCUT2D eigenvalue weighted by Crippen LogP contribution is -2.42. The summed E-state index contributed by atoms with van der Waals surface area (Å²) in [5.74, 6) is -1.41. The molecule has 110 valence electrons. The lowest BCUT2D eigenvalue weighted by molar-refractivity contribution is -0.142. The number of carboxylic acid groups (broad SMARTS) is 1. The number of hydrogen-bond donors (Lipinski definition) is 3. The summed E-state index contributed by atoms with van der Waals surface area (Å²) in [4.78, 5) is 24.8. The second kappa shape index (κ2) is 7.49. The summed E-state index contributed by atoms with van der Waals surface area (Å²) in [6.45, 7) is 0.510. The van der Waals surface area contributed by atoms with Gasteiger partial charge in [-0.25, -0.2) is 4.79 Å². The van der Waals surface area contributed by atoms with E-state index in [2.05, 4.69) is 0 Å². The van der Waals surface area contributed by atoms with Crippen LogP contribution in [0.2, 0.25) is 0 Å². The average molecular weight is 279 g/mol. The maximum absolute atomic E-state index is 12.3. The molecule has 1 aromatic carbocycles. The first-order chi connectivity index (χ1) is 9.49. The fourth-order valence-corrected chi connectivity index (χ4v) is 1.99.